The molecule has 1 aromatic carbocycles. The first kappa shape index (κ1) is 21.3. The standard InChI is InChI=1S/C22H20BrNO7/c1-2-29-22(28)19-16(15-9-12(23)7-8-17(15)31-19)11-30-18(25)10-24-20(26)13-5-3-4-6-14(13)21(24)27/h3-4,7-9,13-14H,2,5-6,10-11H2,1H3/t13-,14+. The van der Waals surface area contributed by atoms with E-state index < -0.39 is 30.3 Å². The van der Waals surface area contributed by atoms with Gasteiger partial charge in [0.05, 0.1) is 24.0 Å². The van der Waals surface area contributed by atoms with Crippen LogP contribution in [0.25, 0.3) is 11.0 Å². The molecule has 0 saturated carbocycles. The maximum Gasteiger partial charge on any atom is 0.374 e. The molecule has 4 rings (SSSR count). The lowest BCUT2D eigenvalue weighted by Gasteiger charge is -2.14. The van der Waals surface area contributed by atoms with Crippen LogP contribution in [0.2, 0.25) is 0 Å². The smallest absolute Gasteiger partial charge is 0.374 e. The minimum Gasteiger partial charge on any atom is -0.460 e. The lowest BCUT2D eigenvalue weighted by atomic mass is 9.85. The molecular weight excluding hydrogens is 470 g/mol. The lowest BCUT2D eigenvalue weighted by molar-refractivity contribution is -0.153. The Kier molecular flexibility index (Phi) is 5.95. The molecule has 2 aliphatic rings. The van der Waals surface area contributed by atoms with Gasteiger partial charge in [0, 0.05) is 9.86 Å². The maximum atomic E-state index is 12.5. The van der Waals surface area contributed by atoms with Gasteiger partial charge in [-0.1, -0.05) is 28.1 Å². The third-order valence-electron chi connectivity index (χ3n) is 5.48. The highest BCUT2D eigenvalue weighted by atomic mass is 79.9. The molecule has 0 bridgehead atoms. The Morgan fingerprint density at radius 3 is 2.45 bits per heavy atom. The Labute approximate surface area is 186 Å². The summed E-state index contributed by atoms with van der Waals surface area (Å²) in [6, 6.07) is 5.19. The molecule has 0 N–H and O–H groups in total. The zero-order valence-corrected chi connectivity index (χ0v) is 18.3. The van der Waals surface area contributed by atoms with Crippen LogP contribution in [0.4, 0.5) is 0 Å². The van der Waals surface area contributed by atoms with Gasteiger partial charge in [0.15, 0.2) is 0 Å². The number of benzene rings is 1. The number of imide groups is 1. The summed E-state index contributed by atoms with van der Waals surface area (Å²) in [5.41, 5.74) is 0.804. The number of amides is 2. The van der Waals surface area contributed by atoms with Gasteiger partial charge in [-0.2, -0.15) is 0 Å². The number of hydrogen-bond acceptors (Lipinski definition) is 7. The van der Waals surface area contributed by atoms with Crippen LogP contribution in [-0.2, 0) is 30.5 Å². The summed E-state index contributed by atoms with van der Waals surface area (Å²) in [4.78, 5) is 50.8. The number of hydrogen-bond donors (Lipinski definition) is 0. The van der Waals surface area contributed by atoms with Gasteiger partial charge in [-0.05, 0) is 38.0 Å². The molecule has 1 fully saturated rings. The summed E-state index contributed by atoms with van der Waals surface area (Å²) in [5.74, 6) is -2.96. The Balaban J connectivity index is 1.50. The van der Waals surface area contributed by atoms with Crippen molar-refractivity contribution in [2.75, 3.05) is 13.2 Å². The average molecular weight is 490 g/mol. The van der Waals surface area contributed by atoms with E-state index in [1.54, 1.807) is 25.1 Å². The van der Waals surface area contributed by atoms with Gasteiger partial charge in [0.1, 0.15) is 18.7 Å². The Hall–Kier alpha value is -2.94. The first-order valence-corrected chi connectivity index (χ1v) is 10.7. The van der Waals surface area contributed by atoms with E-state index in [9.17, 15) is 19.2 Å². The van der Waals surface area contributed by atoms with E-state index in [4.69, 9.17) is 13.9 Å². The van der Waals surface area contributed by atoms with Crippen molar-refractivity contribution in [3.05, 3.63) is 46.1 Å². The number of carbonyl (C=O) groups excluding carboxylic acids is 4. The fourth-order valence-corrected chi connectivity index (χ4v) is 4.34. The normalized spacial score (nSPS) is 20.3. The van der Waals surface area contributed by atoms with Crippen molar-refractivity contribution in [2.24, 2.45) is 11.8 Å². The SMILES string of the molecule is CCOC(=O)c1oc2ccc(Br)cc2c1COC(=O)CN1C(=O)[C@H]2CC=CC[C@H]2C1=O. The molecular formula is C22H20BrNO7. The summed E-state index contributed by atoms with van der Waals surface area (Å²) in [7, 11) is 0. The van der Waals surface area contributed by atoms with Crippen LogP contribution >= 0.6 is 15.9 Å². The number of carbonyl (C=O) groups is 4. The molecule has 2 heterocycles. The number of allylic oxidation sites excluding steroid dienone is 2. The molecule has 2 aromatic rings. The lowest BCUT2D eigenvalue weighted by Crippen LogP contribution is -2.36. The van der Waals surface area contributed by atoms with E-state index in [-0.39, 0.29) is 30.8 Å². The zero-order valence-electron chi connectivity index (χ0n) is 16.8. The van der Waals surface area contributed by atoms with Crippen LogP contribution in [0.15, 0.2) is 39.2 Å². The second kappa shape index (κ2) is 8.66. The van der Waals surface area contributed by atoms with E-state index >= 15 is 0 Å². The second-order valence-electron chi connectivity index (χ2n) is 7.35. The van der Waals surface area contributed by atoms with E-state index in [2.05, 4.69) is 15.9 Å². The topological polar surface area (TPSA) is 103 Å². The van der Waals surface area contributed by atoms with Gasteiger partial charge >= 0.3 is 11.9 Å². The molecule has 9 heteroatoms. The summed E-state index contributed by atoms with van der Waals surface area (Å²) < 4.78 is 16.7. The zero-order chi connectivity index (χ0) is 22.1. The number of esters is 2. The maximum absolute atomic E-state index is 12.5. The fourth-order valence-electron chi connectivity index (χ4n) is 3.98. The second-order valence-corrected chi connectivity index (χ2v) is 8.27. The molecule has 8 nitrogen and oxygen atoms in total. The molecule has 1 saturated heterocycles. The number of fused-ring (bicyclic) bond motifs is 2. The molecule has 1 aliphatic heterocycles. The van der Waals surface area contributed by atoms with Crippen molar-refractivity contribution in [2.45, 2.75) is 26.4 Å². The third kappa shape index (κ3) is 4.01. The largest absolute Gasteiger partial charge is 0.460 e. The minimum atomic E-state index is -0.743. The van der Waals surface area contributed by atoms with Crippen molar-refractivity contribution in [3.8, 4) is 0 Å². The van der Waals surface area contributed by atoms with Crippen LogP contribution < -0.4 is 0 Å². The van der Waals surface area contributed by atoms with Crippen molar-refractivity contribution < 1.29 is 33.1 Å². The quantitative estimate of drug-likeness (QED) is 0.348. The van der Waals surface area contributed by atoms with Gasteiger partial charge in [0.2, 0.25) is 17.6 Å². The van der Waals surface area contributed by atoms with Crippen molar-refractivity contribution in [3.63, 3.8) is 0 Å². The van der Waals surface area contributed by atoms with Gasteiger partial charge < -0.3 is 13.9 Å². The van der Waals surface area contributed by atoms with Crippen LogP contribution in [0.5, 0.6) is 0 Å². The Morgan fingerprint density at radius 2 is 1.81 bits per heavy atom. The van der Waals surface area contributed by atoms with Gasteiger partial charge in [-0.3, -0.25) is 19.3 Å². The number of nitrogens with zero attached hydrogens (tertiary/aromatic N) is 1. The average Bonchev–Trinajstić information content (AvgIpc) is 3.23. The van der Waals surface area contributed by atoms with Crippen molar-refractivity contribution in [1.82, 2.24) is 4.90 Å². The number of likely N-dealkylation sites (tertiary alicyclic amines) is 1. The predicted molar refractivity (Wildman–Crippen MR) is 112 cm³/mol. The summed E-state index contributed by atoms with van der Waals surface area (Å²) in [6.45, 7) is 1.11. The number of rotatable bonds is 6. The fraction of sp³-hybridized carbons (Fsp3) is 0.364. The number of furan rings is 1. The molecule has 1 aromatic heterocycles. The first-order chi connectivity index (χ1) is 14.9. The van der Waals surface area contributed by atoms with Crippen LogP contribution in [0, 0.1) is 11.8 Å². The van der Waals surface area contributed by atoms with Crippen molar-refractivity contribution >= 4 is 50.7 Å². The van der Waals surface area contributed by atoms with E-state index in [0.29, 0.717) is 29.4 Å². The minimum absolute atomic E-state index is 0.0480. The number of halogens is 1. The summed E-state index contributed by atoms with van der Waals surface area (Å²) in [6.07, 6.45) is 4.76. The van der Waals surface area contributed by atoms with E-state index in [1.165, 1.54) is 0 Å². The van der Waals surface area contributed by atoms with Gasteiger partial charge in [0.25, 0.3) is 0 Å². The Bertz CT molecular complexity index is 1080. The predicted octanol–water partition coefficient (Wildman–Crippen LogP) is 3.37. The highest BCUT2D eigenvalue weighted by Gasteiger charge is 2.47. The molecule has 1 aliphatic carbocycles. The first-order valence-electron chi connectivity index (χ1n) is 9.94. The van der Waals surface area contributed by atoms with Gasteiger partial charge in [-0.15, -0.1) is 0 Å². The summed E-state index contributed by atoms with van der Waals surface area (Å²) in [5, 5.41) is 0.593. The third-order valence-corrected chi connectivity index (χ3v) is 5.97. The molecule has 0 unspecified atom stereocenters. The highest BCUT2D eigenvalue weighted by molar-refractivity contribution is 9.10. The van der Waals surface area contributed by atoms with Crippen molar-refractivity contribution in [1.29, 1.82) is 0 Å². The monoisotopic (exact) mass is 489 g/mol. The Morgan fingerprint density at radius 1 is 1.13 bits per heavy atom. The molecule has 0 spiro atoms. The van der Waals surface area contributed by atoms with Crippen LogP contribution in [-0.4, -0.2) is 41.8 Å². The molecule has 31 heavy (non-hydrogen) atoms. The molecule has 2 amide bonds. The van der Waals surface area contributed by atoms with Crippen LogP contribution in [0.1, 0.15) is 35.9 Å². The van der Waals surface area contributed by atoms with E-state index in [1.807, 2.05) is 12.2 Å². The number of ether oxygens (including phenoxy) is 2. The van der Waals surface area contributed by atoms with Crippen LogP contribution in [0.3, 0.4) is 0 Å². The molecule has 162 valence electrons. The van der Waals surface area contributed by atoms with Gasteiger partial charge in [-0.25, -0.2) is 4.79 Å². The molecule has 0 radical (unpaired) electrons. The summed E-state index contributed by atoms with van der Waals surface area (Å²) >= 11 is 3.37. The van der Waals surface area contributed by atoms with E-state index in [0.717, 1.165) is 9.37 Å². The molecule has 2 atom stereocenters. The highest BCUT2D eigenvalue weighted by Crippen LogP contribution is 2.35.